The highest BCUT2D eigenvalue weighted by atomic mass is 31.3. The first-order valence-electron chi connectivity index (χ1n) is 8.01. The van der Waals surface area contributed by atoms with Gasteiger partial charge in [-0.15, -0.1) is 0 Å². The number of phosphoric ester groups is 1. The van der Waals surface area contributed by atoms with Gasteiger partial charge in [-0.25, -0.2) is 28.6 Å². The van der Waals surface area contributed by atoms with Gasteiger partial charge < -0.3 is 30.0 Å². The van der Waals surface area contributed by atoms with Crippen molar-refractivity contribution in [1.82, 2.24) is 19.5 Å². The van der Waals surface area contributed by atoms with E-state index in [1.54, 1.807) is 0 Å². The highest BCUT2D eigenvalue weighted by Crippen LogP contribution is 2.66. The summed E-state index contributed by atoms with van der Waals surface area (Å²) in [6, 6.07) is -0.964. The van der Waals surface area contributed by atoms with E-state index in [1.165, 1.54) is 17.2 Å². The molecule has 0 radical (unpaired) electrons. The molecule has 5 unspecified atom stereocenters. The number of anilines is 1. The number of hydrogen-bond donors (Lipinski definition) is 5. The van der Waals surface area contributed by atoms with Crippen LogP contribution in [0.25, 0.3) is 16.1 Å². The molecule has 1 aliphatic heterocycles. The lowest BCUT2D eigenvalue weighted by atomic mass is 10.1. The summed E-state index contributed by atoms with van der Waals surface area (Å²) in [6.07, 6.45) is 0.646. The molecule has 1 aliphatic rings. The molecule has 0 amide bonds. The van der Waals surface area contributed by atoms with Gasteiger partial charge in [0.25, 0.3) is 0 Å². The quantitative estimate of drug-likeness (QED) is 0.239. The molecular formula is C10H15N7O11P3+. The van der Waals surface area contributed by atoms with E-state index in [9.17, 15) is 24.0 Å². The number of nitrogens with zero attached hydrogens (tertiary/aromatic N) is 6. The molecule has 2 aromatic heterocycles. The highest BCUT2D eigenvalue weighted by Gasteiger charge is 2.48. The topological polar surface area (TPSA) is 267 Å². The molecule has 6 N–H and O–H groups in total. The van der Waals surface area contributed by atoms with Gasteiger partial charge in [0.15, 0.2) is 17.6 Å². The Morgan fingerprint density at radius 2 is 1.90 bits per heavy atom. The molecule has 0 aromatic carbocycles. The SMILES string of the molecule is N#[N+]C1CC(n2cnc3c(N)ncnc32)OC1COP(=O)(O)OP(=O)(O)OP(=O)(O)O. The van der Waals surface area contributed by atoms with Crippen molar-refractivity contribution in [2.24, 2.45) is 0 Å². The van der Waals surface area contributed by atoms with Crippen LogP contribution in [0.15, 0.2) is 12.7 Å². The van der Waals surface area contributed by atoms with E-state index in [4.69, 9.17) is 25.2 Å². The van der Waals surface area contributed by atoms with Crippen molar-refractivity contribution in [3.63, 3.8) is 0 Å². The van der Waals surface area contributed by atoms with Gasteiger partial charge in [-0.05, 0) is 0 Å². The number of fused-ring (bicyclic) bond motifs is 1. The second-order valence-electron chi connectivity index (χ2n) is 6.02. The van der Waals surface area contributed by atoms with Gasteiger partial charge in [0, 0.05) is 0 Å². The first-order valence-corrected chi connectivity index (χ1v) is 12.5. The Morgan fingerprint density at radius 1 is 1.19 bits per heavy atom. The van der Waals surface area contributed by atoms with Crippen molar-refractivity contribution in [3.8, 4) is 0 Å². The summed E-state index contributed by atoms with van der Waals surface area (Å²) in [4.78, 5) is 50.7. The number of phosphoric acid groups is 3. The summed E-state index contributed by atoms with van der Waals surface area (Å²) < 4.78 is 52.7. The number of hydrogen-bond acceptors (Lipinski definition) is 12. The summed E-state index contributed by atoms with van der Waals surface area (Å²) in [7, 11) is -16.5. The van der Waals surface area contributed by atoms with Crippen LogP contribution in [0.1, 0.15) is 12.6 Å². The number of aromatic nitrogens is 4. The van der Waals surface area contributed by atoms with Gasteiger partial charge >= 0.3 is 29.5 Å². The molecule has 3 rings (SSSR count). The standard InChI is InChI=1S/C10H14N7O11P3/c11-9-8-10(14-3-13-9)17(4-15-8)7-1-5(16-12)6(26-7)2-25-30(21,22)28-31(23,24)27-29(18,19)20/h3-7H,1-2H2,(H5-,11,13,14,18,19,20,21,22,23,24)/p+1. The molecule has 3 heterocycles. The third kappa shape index (κ3) is 5.89. The number of nitrogens with two attached hydrogens (primary N) is 1. The molecule has 1 fully saturated rings. The van der Waals surface area contributed by atoms with Crippen LogP contribution in [0.4, 0.5) is 5.82 Å². The lowest BCUT2D eigenvalue weighted by Gasteiger charge is -2.18. The predicted octanol–water partition coefficient (Wildman–Crippen LogP) is 0.261. The Morgan fingerprint density at radius 3 is 2.55 bits per heavy atom. The van der Waals surface area contributed by atoms with Gasteiger partial charge in [0.1, 0.15) is 23.0 Å². The van der Waals surface area contributed by atoms with Crippen LogP contribution in [-0.4, -0.2) is 57.8 Å². The normalized spacial score (nSPS) is 25.7. The van der Waals surface area contributed by atoms with Crippen molar-refractivity contribution in [2.75, 3.05) is 12.3 Å². The molecule has 21 heteroatoms. The van der Waals surface area contributed by atoms with Crippen molar-refractivity contribution in [2.45, 2.75) is 24.8 Å². The first-order chi connectivity index (χ1) is 14.3. The van der Waals surface area contributed by atoms with Gasteiger partial charge in [0.05, 0.1) is 19.4 Å². The van der Waals surface area contributed by atoms with E-state index in [0.29, 0.717) is 11.2 Å². The minimum absolute atomic E-state index is 0.0519. The third-order valence-corrected chi connectivity index (χ3v) is 7.67. The van der Waals surface area contributed by atoms with Crippen LogP contribution in [0.5, 0.6) is 0 Å². The molecule has 1 saturated heterocycles. The van der Waals surface area contributed by atoms with Crippen LogP contribution >= 0.6 is 23.5 Å². The molecule has 5 atom stereocenters. The molecule has 0 aliphatic carbocycles. The van der Waals surface area contributed by atoms with Crippen molar-refractivity contribution >= 4 is 40.4 Å². The zero-order valence-electron chi connectivity index (χ0n) is 15.0. The summed E-state index contributed by atoms with van der Waals surface area (Å²) in [5.74, 6) is 0.120. The fraction of sp³-hybridized carbons (Fsp3) is 0.500. The smallest absolute Gasteiger partial charge is 0.382 e. The fourth-order valence-electron chi connectivity index (χ4n) is 2.71. The molecule has 170 valence electrons. The Hall–Kier alpha value is -1.86. The molecule has 31 heavy (non-hydrogen) atoms. The van der Waals surface area contributed by atoms with Crippen LogP contribution in [0.2, 0.25) is 0 Å². The zero-order chi connectivity index (χ0) is 23.0. The lowest BCUT2D eigenvalue weighted by Crippen LogP contribution is -2.24. The minimum Gasteiger partial charge on any atom is -0.382 e. The van der Waals surface area contributed by atoms with Crippen LogP contribution in [0, 0.1) is 5.39 Å². The number of ether oxygens (including phenoxy) is 1. The summed E-state index contributed by atoms with van der Waals surface area (Å²) in [5.41, 5.74) is 6.31. The lowest BCUT2D eigenvalue weighted by molar-refractivity contribution is -0.0214. The molecule has 0 bridgehead atoms. The summed E-state index contributed by atoms with van der Waals surface area (Å²) in [6.45, 7) is -0.779. The third-order valence-electron chi connectivity index (χ3n) is 3.87. The molecule has 2 aromatic rings. The van der Waals surface area contributed by atoms with Crippen LogP contribution < -0.4 is 5.73 Å². The van der Waals surface area contributed by atoms with E-state index in [1.807, 2.05) is 0 Å². The van der Waals surface area contributed by atoms with Crippen molar-refractivity contribution in [1.29, 1.82) is 5.39 Å². The molecule has 0 saturated carbocycles. The summed E-state index contributed by atoms with van der Waals surface area (Å²) >= 11 is 0. The number of rotatable bonds is 8. The minimum atomic E-state index is -5.66. The molecular weight excluding hydrogens is 487 g/mol. The van der Waals surface area contributed by atoms with Gasteiger partial charge in [-0.3, -0.25) is 9.09 Å². The largest absolute Gasteiger partial charge is 0.490 e. The first kappa shape index (κ1) is 23.8. The number of diazo groups is 1. The molecule has 18 nitrogen and oxygen atoms in total. The maximum absolute atomic E-state index is 11.8. The number of nitrogen functional groups attached to an aromatic ring is 1. The van der Waals surface area contributed by atoms with E-state index in [2.05, 4.69) is 33.1 Å². The second-order valence-corrected chi connectivity index (χ2v) is 10.4. The highest BCUT2D eigenvalue weighted by molar-refractivity contribution is 7.66. The maximum Gasteiger partial charge on any atom is 0.490 e. The van der Waals surface area contributed by atoms with Gasteiger partial charge in [-0.2, -0.15) is 8.62 Å². The maximum atomic E-state index is 11.8. The Kier molecular flexibility index (Phi) is 6.59. The summed E-state index contributed by atoms with van der Waals surface area (Å²) in [5, 5.41) is 9.22. The van der Waals surface area contributed by atoms with Crippen LogP contribution in [-0.2, 0) is 31.6 Å². The molecule has 0 spiro atoms. The Balaban J connectivity index is 1.68. The average molecular weight is 502 g/mol. The Labute approximate surface area is 172 Å². The van der Waals surface area contributed by atoms with Crippen LogP contribution in [0.3, 0.4) is 0 Å². The van der Waals surface area contributed by atoms with E-state index in [0.717, 1.165) is 0 Å². The van der Waals surface area contributed by atoms with Gasteiger partial charge in [0.2, 0.25) is 5.39 Å². The Bertz CT molecular complexity index is 1160. The van der Waals surface area contributed by atoms with E-state index < -0.39 is 48.4 Å². The zero-order valence-corrected chi connectivity index (χ0v) is 17.7. The average Bonchev–Trinajstić information content (AvgIpc) is 3.21. The van der Waals surface area contributed by atoms with Crippen molar-refractivity contribution < 1.29 is 51.2 Å². The van der Waals surface area contributed by atoms with E-state index >= 15 is 0 Å². The fourth-order valence-corrected chi connectivity index (χ4v) is 5.74. The predicted molar refractivity (Wildman–Crippen MR) is 97.0 cm³/mol. The monoisotopic (exact) mass is 502 g/mol. The van der Waals surface area contributed by atoms with Crippen molar-refractivity contribution in [3.05, 3.63) is 17.6 Å². The number of imidazole rings is 1. The van der Waals surface area contributed by atoms with E-state index in [-0.39, 0.29) is 12.2 Å². The van der Waals surface area contributed by atoms with Gasteiger partial charge in [-0.1, -0.05) is 0 Å². The second kappa shape index (κ2) is 8.58.